The number of nitrogens with two attached hydrogens (primary N) is 1. The molecule has 0 saturated heterocycles. The van der Waals surface area contributed by atoms with Gasteiger partial charge in [-0.05, 0) is 26.7 Å². The molecule has 0 radical (unpaired) electrons. The summed E-state index contributed by atoms with van der Waals surface area (Å²) in [6.07, 6.45) is 3.86. The first-order valence-electron chi connectivity index (χ1n) is 5.89. The van der Waals surface area contributed by atoms with Crippen LogP contribution in [-0.2, 0) is 13.0 Å². The van der Waals surface area contributed by atoms with Gasteiger partial charge in [0.25, 0.3) is 0 Å². The Morgan fingerprint density at radius 1 is 1.47 bits per heavy atom. The van der Waals surface area contributed by atoms with Gasteiger partial charge in [0.05, 0.1) is 23.3 Å². The third-order valence-corrected chi connectivity index (χ3v) is 3.40. The molecule has 5 nitrogen and oxygen atoms in total. The van der Waals surface area contributed by atoms with E-state index in [1.807, 2.05) is 20.2 Å². The lowest BCUT2D eigenvalue weighted by Crippen LogP contribution is -2.31. The predicted molar refractivity (Wildman–Crippen MR) is 63.5 cm³/mol. The Morgan fingerprint density at radius 3 is 3.00 bits per heavy atom. The van der Waals surface area contributed by atoms with E-state index in [-0.39, 0.29) is 6.04 Å². The quantitative estimate of drug-likeness (QED) is 0.807. The molecule has 0 fully saturated rings. The molecule has 0 aliphatic carbocycles. The van der Waals surface area contributed by atoms with Crippen LogP contribution in [0.25, 0.3) is 11.3 Å². The summed E-state index contributed by atoms with van der Waals surface area (Å²) in [7, 11) is 0. The van der Waals surface area contributed by atoms with Crippen molar-refractivity contribution in [2.24, 2.45) is 5.73 Å². The van der Waals surface area contributed by atoms with Crippen LogP contribution >= 0.6 is 0 Å². The van der Waals surface area contributed by atoms with Crippen molar-refractivity contribution in [1.82, 2.24) is 14.7 Å². The van der Waals surface area contributed by atoms with Crippen molar-refractivity contribution in [2.75, 3.05) is 0 Å². The summed E-state index contributed by atoms with van der Waals surface area (Å²) >= 11 is 0. The van der Waals surface area contributed by atoms with E-state index >= 15 is 0 Å². The second-order valence-corrected chi connectivity index (χ2v) is 4.69. The Labute approximate surface area is 99.6 Å². The molecular formula is C12H16N4O. The van der Waals surface area contributed by atoms with Gasteiger partial charge in [-0.25, -0.2) is 4.98 Å². The molecule has 3 heterocycles. The Bertz CT molecular complexity index is 535. The lowest BCUT2D eigenvalue weighted by Gasteiger charge is -2.21. The normalized spacial score (nSPS) is 19.4. The van der Waals surface area contributed by atoms with Gasteiger partial charge in [0, 0.05) is 18.3 Å². The predicted octanol–water partition coefficient (Wildman–Crippen LogP) is 1.43. The molecule has 0 amide bonds. The fraction of sp³-hybridized carbons (Fsp3) is 0.500. The van der Waals surface area contributed by atoms with Crippen molar-refractivity contribution in [3.8, 4) is 11.3 Å². The summed E-state index contributed by atoms with van der Waals surface area (Å²) in [5.41, 5.74) is 10.2. The summed E-state index contributed by atoms with van der Waals surface area (Å²) in [6.45, 7) is 4.73. The number of aromatic nitrogens is 3. The molecule has 0 saturated carbocycles. The maximum absolute atomic E-state index is 5.96. The number of fused-ring (bicyclic) bond motifs is 1. The average molecular weight is 232 g/mol. The Morgan fingerprint density at radius 2 is 2.29 bits per heavy atom. The summed E-state index contributed by atoms with van der Waals surface area (Å²) in [5, 5.41) is 3.99. The third-order valence-electron chi connectivity index (χ3n) is 3.40. The van der Waals surface area contributed by atoms with E-state index in [0.29, 0.717) is 0 Å². The summed E-state index contributed by atoms with van der Waals surface area (Å²) in [5.74, 6) is 0.832. The van der Waals surface area contributed by atoms with E-state index in [1.165, 1.54) is 5.69 Å². The SMILES string of the molecule is Cc1noc(C)c1-c1ncn2c1CCC(N)C2. The van der Waals surface area contributed by atoms with Crippen LogP contribution in [0.4, 0.5) is 0 Å². The molecule has 2 aromatic heterocycles. The molecule has 1 aliphatic rings. The van der Waals surface area contributed by atoms with Crippen molar-refractivity contribution in [1.29, 1.82) is 0 Å². The van der Waals surface area contributed by atoms with Crippen LogP contribution in [0.3, 0.4) is 0 Å². The number of hydrogen-bond donors (Lipinski definition) is 1. The van der Waals surface area contributed by atoms with Gasteiger partial charge in [-0.1, -0.05) is 5.16 Å². The Kier molecular flexibility index (Phi) is 2.29. The second kappa shape index (κ2) is 3.70. The largest absolute Gasteiger partial charge is 0.361 e. The van der Waals surface area contributed by atoms with E-state index in [1.54, 1.807) is 0 Å². The monoisotopic (exact) mass is 232 g/mol. The number of aryl methyl sites for hydroxylation is 2. The lowest BCUT2D eigenvalue weighted by molar-refractivity contribution is 0.393. The molecule has 1 unspecified atom stereocenters. The summed E-state index contributed by atoms with van der Waals surface area (Å²) in [4.78, 5) is 4.50. The van der Waals surface area contributed by atoms with Crippen LogP contribution in [0.5, 0.6) is 0 Å². The van der Waals surface area contributed by atoms with Gasteiger partial charge in [-0.3, -0.25) is 0 Å². The number of imidazole rings is 1. The maximum Gasteiger partial charge on any atom is 0.143 e. The second-order valence-electron chi connectivity index (χ2n) is 4.69. The highest BCUT2D eigenvalue weighted by atomic mass is 16.5. The number of rotatable bonds is 1. The molecule has 2 aromatic rings. The molecule has 3 rings (SSSR count). The molecule has 1 aliphatic heterocycles. The van der Waals surface area contributed by atoms with Crippen LogP contribution < -0.4 is 5.73 Å². The zero-order chi connectivity index (χ0) is 12.0. The maximum atomic E-state index is 5.96. The van der Waals surface area contributed by atoms with Gasteiger partial charge >= 0.3 is 0 Å². The molecule has 5 heteroatoms. The lowest BCUT2D eigenvalue weighted by atomic mass is 10.0. The Hall–Kier alpha value is -1.62. The number of hydrogen-bond acceptors (Lipinski definition) is 4. The highest BCUT2D eigenvalue weighted by Crippen LogP contribution is 2.30. The van der Waals surface area contributed by atoms with Crippen LogP contribution in [0, 0.1) is 13.8 Å². The summed E-state index contributed by atoms with van der Waals surface area (Å²) in [6, 6.07) is 0.245. The van der Waals surface area contributed by atoms with Gasteiger partial charge in [-0.2, -0.15) is 0 Å². The zero-order valence-corrected chi connectivity index (χ0v) is 10.1. The van der Waals surface area contributed by atoms with E-state index < -0.39 is 0 Å². The van der Waals surface area contributed by atoms with Gasteiger partial charge in [0.2, 0.25) is 0 Å². The fourth-order valence-electron chi connectivity index (χ4n) is 2.52. The molecule has 2 N–H and O–H groups in total. The van der Waals surface area contributed by atoms with Gasteiger partial charge in [0.1, 0.15) is 5.76 Å². The number of nitrogens with zero attached hydrogens (tertiary/aromatic N) is 3. The van der Waals surface area contributed by atoms with Gasteiger partial charge in [0.15, 0.2) is 0 Å². The minimum atomic E-state index is 0.245. The first kappa shape index (κ1) is 10.5. The van der Waals surface area contributed by atoms with E-state index in [9.17, 15) is 0 Å². The van der Waals surface area contributed by atoms with E-state index in [2.05, 4.69) is 14.7 Å². The minimum Gasteiger partial charge on any atom is -0.361 e. The first-order chi connectivity index (χ1) is 8.16. The van der Waals surface area contributed by atoms with Crippen LogP contribution in [-0.4, -0.2) is 20.7 Å². The standard InChI is InChI=1S/C12H16N4O/c1-7-11(8(2)17-15-7)12-10-4-3-9(13)5-16(10)6-14-12/h6,9H,3-5,13H2,1-2H3. The minimum absolute atomic E-state index is 0.245. The van der Waals surface area contributed by atoms with Crippen molar-refractivity contribution in [3.05, 3.63) is 23.5 Å². The van der Waals surface area contributed by atoms with Crippen molar-refractivity contribution in [2.45, 2.75) is 39.3 Å². The third kappa shape index (κ3) is 1.58. The molecule has 1 atom stereocenters. The summed E-state index contributed by atoms with van der Waals surface area (Å²) < 4.78 is 7.36. The van der Waals surface area contributed by atoms with E-state index in [4.69, 9.17) is 10.3 Å². The smallest absolute Gasteiger partial charge is 0.143 e. The van der Waals surface area contributed by atoms with Crippen molar-refractivity contribution in [3.63, 3.8) is 0 Å². The molecular weight excluding hydrogens is 216 g/mol. The van der Waals surface area contributed by atoms with Crippen molar-refractivity contribution < 1.29 is 4.52 Å². The molecule has 0 aromatic carbocycles. The fourth-order valence-corrected chi connectivity index (χ4v) is 2.52. The highest BCUT2D eigenvalue weighted by molar-refractivity contribution is 5.66. The average Bonchev–Trinajstić information content (AvgIpc) is 2.83. The topological polar surface area (TPSA) is 69.9 Å². The first-order valence-corrected chi connectivity index (χ1v) is 5.89. The zero-order valence-electron chi connectivity index (χ0n) is 10.1. The van der Waals surface area contributed by atoms with Crippen molar-refractivity contribution >= 4 is 0 Å². The molecule has 0 spiro atoms. The molecule has 0 bridgehead atoms. The van der Waals surface area contributed by atoms with E-state index in [0.717, 1.165) is 42.1 Å². The van der Waals surface area contributed by atoms with Gasteiger partial charge in [-0.15, -0.1) is 0 Å². The highest BCUT2D eigenvalue weighted by Gasteiger charge is 2.23. The van der Waals surface area contributed by atoms with Crippen LogP contribution in [0.1, 0.15) is 23.6 Å². The van der Waals surface area contributed by atoms with Gasteiger partial charge < -0.3 is 14.8 Å². The molecule has 17 heavy (non-hydrogen) atoms. The Balaban J connectivity index is 2.11. The molecule has 90 valence electrons. The van der Waals surface area contributed by atoms with Crippen LogP contribution in [0.2, 0.25) is 0 Å². The van der Waals surface area contributed by atoms with Crippen LogP contribution in [0.15, 0.2) is 10.9 Å².